The Morgan fingerprint density at radius 2 is 1.50 bits per heavy atom. The predicted molar refractivity (Wildman–Crippen MR) is 88.6 cm³/mol. The Morgan fingerprint density at radius 1 is 0.850 bits per heavy atom. The summed E-state index contributed by atoms with van der Waals surface area (Å²) in [5.41, 5.74) is 2.55. The zero-order chi connectivity index (χ0) is 14.0. The van der Waals surface area contributed by atoms with Crippen molar-refractivity contribution in [3.63, 3.8) is 0 Å². The number of rotatable bonds is 6. The normalized spacial score (nSPS) is 12.8. The molecule has 0 spiro atoms. The van der Waals surface area contributed by atoms with Crippen LogP contribution >= 0.6 is 0 Å². The first-order valence-corrected chi connectivity index (χ1v) is 6.96. The highest BCUT2D eigenvalue weighted by Gasteiger charge is 2.03. The van der Waals surface area contributed by atoms with Crippen LogP contribution in [0.25, 0.3) is 6.08 Å². The average Bonchev–Trinajstić information content (AvgIpc) is 2.52. The molecule has 0 aliphatic heterocycles. The Balaban J connectivity index is 2.03. The molecule has 0 nitrogen and oxygen atoms in total. The minimum Gasteiger partial charge on any atom is -0.103 e. The molecule has 0 aliphatic rings. The Bertz CT molecular complexity index is 562. The molecule has 0 heterocycles. The molecule has 2 rings (SSSR count). The van der Waals surface area contributed by atoms with Crippen LogP contribution in [0.1, 0.15) is 23.5 Å². The highest BCUT2D eigenvalue weighted by Crippen LogP contribution is 2.21. The van der Waals surface area contributed by atoms with E-state index in [0.717, 1.165) is 6.42 Å². The average molecular weight is 260 g/mol. The van der Waals surface area contributed by atoms with Gasteiger partial charge in [-0.1, -0.05) is 91.0 Å². The molecule has 20 heavy (non-hydrogen) atoms. The van der Waals surface area contributed by atoms with Gasteiger partial charge in [0.15, 0.2) is 0 Å². The van der Waals surface area contributed by atoms with E-state index in [2.05, 4.69) is 67.3 Å². The van der Waals surface area contributed by atoms with E-state index < -0.39 is 0 Å². The van der Waals surface area contributed by atoms with E-state index in [4.69, 9.17) is 0 Å². The van der Waals surface area contributed by atoms with Gasteiger partial charge in [0.05, 0.1) is 0 Å². The Labute approximate surface area is 121 Å². The first-order valence-electron chi connectivity index (χ1n) is 6.96. The van der Waals surface area contributed by atoms with Crippen molar-refractivity contribution in [1.29, 1.82) is 0 Å². The van der Waals surface area contributed by atoms with E-state index in [1.54, 1.807) is 0 Å². The highest BCUT2D eigenvalue weighted by molar-refractivity contribution is 5.50. The summed E-state index contributed by atoms with van der Waals surface area (Å²) in [6.45, 7) is 3.85. The molecule has 1 unspecified atom stereocenters. The molecular formula is C20H20. The van der Waals surface area contributed by atoms with Crippen molar-refractivity contribution in [3.05, 3.63) is 103 Å². The van der Waals surface area contributed by atoms with Crippen molar-refractivity contribution in [2.75, 3.05) is 0 Å². The monoisotopic (exact) mass is 260 g/mol. The molecule has 1 atom stereocenters. The predicted octanol–water partition coefficient (Wildman–Crippen LogP) is 5.62. The molecule has 0 heteroatoms. The zero-order valence-corrected chi connectivity index (χ0v) is 11.7. The lowest BCUT2D eigenvalue weighted by Crippen LogP contribution is -1.92. The van der Waals surface area contributed by atoms with E-state index in [0.29, 0.717) is 5.92 Å². The summed E-state index contributed by atoms with van der Waals surface area (Å²) in [6.07, 6.45) is 11.5. The van der Waals surface area contributed by atoms with Crippen molar-refractivity contribution in [2.24, 2.45) is 0 Å². The lowest BCUT2D eigenvalue weighted by atomic mass is 9.95. The van der Waals surface area contributed by atoms with Crippen molar-refractivity contribution in [1.82, 2.24) is 0 Å². The van der Waals surface area contributed by atoms with Gasteiger partial charge in [-0.05, 0) is 17.5 Å². The quantitative estimate of drug-likeness (QED) is 0.467. The van der Waals surface area contributed by atoms with Crippen molar-refractivity contribution < 1.29 is 0 Å². The third-order valence-electron chi connectivity index (χ3n) is 3.19. The fraction of sp³-hybridized carbons (Fsp3) is 0.100. The van der Waals surface area contributed by atoms with Crippen LogP contribution in [0.5, 0.6) is 0 Å². The van der Waals surface area contributed by atoms with Gasteiger partial charge in [-0.15, -0.1) is 6.58 Å². The maximum atomic E-state index is 3.85. The summed E-state index contributed by atoms with van der Waals surface area (Å²) in [6, 6.07) is 20.9. The Hall–Kier alpha value is -2.34. The van der Waals surface area contributed by atoms with Crippen LogP contribution in [0.2, 0.25) is 0 Å². The first-order chi connectivity index (χ1) is 9.90. The minimum absolute atomic E-state index is 0.397. The topological polar surface area (TPSA) is 0 Å². The van der Waals surface area contributed by atoms with Crippen molar-refractivity contribution in [3.8, 4) is 0 Å². The largest absolute Gasteiger partial charge is 0.103 e. The molecule has 2 aromatic carbocycles. The molecule has 0 bridgehead atoms. The third kappa shape index (κ3) is 4.40. The van der Waals surface area contributed by atoms with Crippen molar-refractivity contribution >= 4 is 6.08 Å². The summed E-state index contributed by atoms with van der Waals surface area (Å²) in [5.74, 6) is 0.397. The molecule has 0 amide bonds. The Morgan fingerprint density at radius 3 is 2.15 bits per heavy atom. The van der Waals surface area contributed by atoms with Gasteiger partial charge in [0.25, 0.3) is 0 Å². The van der Waals surface area contributed by atoms with Gasteiger partial charge in [0.1, 0.15) is 0 Å². The van der Waals surface area contributed by atoms with Crippen LogP contribution in [0.3, 0.4) is 0 Å². The van der Waals surface area contributed by atoms with Crippen LogP contribution in [-0.2, 0) is 0 Å². The second-order valence-electron chi connectivity index (χ2n) is 4.70. The molecule has 0 aromatic heterocycles. The van der Waals surface area contributed by atoms with Gasteiger partial charge < -0.3 is 0 Å². The van der Waals surface area contributed by atoms with Crippen LogP contribution in [0.15, 0.2) is 91.5 Å². The van der Waals surface area contributed by atoms with Gasteiger partial charge in [-0.3, -0.25) is 0 Å². The summed E-state index contributed by atoms with van der Waals surface area (Å²) < 4.78 is 0. The smallest absolute Gasteiger partial charge is 0.00554 e. The van der Waals surface area contributed by atoms with Gasteiger partial charge in [0.2, 0.25) is 0 Å². The molecule has 0 saturated carbocycles. The second-order valence-corrected chi connectivity index (χ2v) is 4.70. The molecule has 0 saturated heterocycles. The maximum absolute atomic E-state index is 3.85. The van der Waals surface area contributed by atoms with E-state index in [1.807, 2.05) is 30.3 Å². The fourth-order valence-electron chi connectivity index (χ4n) is 2.13. The molecule has 2 aromatic rings. The zero-order valence-electron chi connectivity index (χ0n) is 11.7. The van der Waals surface area contributed by atoms with E-state index in [1.165, 1.54) is 11.1 Å². The number of hydrogen-bond donors (Lipinski definition) is 0. The maximum Gasteiger partial charge on any atom is 0.00554 e. The van der Waals surface area contributed by atoms with Crippen LogP contribution < -0.4 is 0 Å². The molecular weight excluding hydrogens is 240 g/mol. The van der Waals surface area contributed by atoms with Gasteiger partial charge in [-0.2, -0.15) is 0 Å². The fourth-order valence-corrected chi connectivity index (χ4v) is 2.13. The van der Waals surface area contributed by atoms with Crippen LogP contribution in [0.4, 0.5) is 0 Å². The highest BCUT2D eigenvalue weighted by atomic mass is 14.1. The van der Waals surface area contributed by atoms with Crippen molar-refractivity contribution in [2.45, 2.75) is 12.3 Å². The summed E-state index contributed by atoms with van der Waals surface area (Å²) in [7, 11) is 0. The SMILES string of the molecule is C=CCC(/C=C/C=C/c1ccccc1)c1ccccc1. The third-order valence-corrected chi connectivity index (χ3v) is 3.19. The second kappa shape index (κ2) is 7.96. The van der Waals surface area contributed by atoms with Gasteiger partial charge in [-0.25, -0.2) is 0 Å². The summed E-state index contributed by atoms with van der Waals surface area (Å²) >= 11 is 0. The van der Waals surface area contributed by atoms with Gasteiger partial charge in [0, 0.05) is 5.92 Å². The molecule has 0 radical (unpaired) electrons. The molecule has 0 aliphatic carbocycles. The van der Waals surface area contributed by atoms with Crippen LogP contribution in [0, 0.1) is 0 Å². The number of hydrogen-bond acceptors (Lipinski definition) is 0. The van der Waals surface area contributed by atoms with E-state index >= 15 is 0 Å². The number of allylic oxidation sites excluding steroid dienone is 4. The lowest BCUT2D eigenvalue weighted by molar-refractivity contribution is 0.865. The molecule has 100 valence electrons. The van der Waals surface area contributed by atoms with E-state index in [9.17, 15) is 0 Å². The summed E-state index contributed by atoms with van der Waals surface area (Å²) in [5, 5.41) is 0. The first kappa shape index (κ1) is 14.1. The lowest BCUT2D eigenvalue weighted by Gasteiger charge is -2.09. The molecule has 0 fully saturated rings. The van der Waals surface area contributed by atoms with Crippen LogP contribution in [-0.4, -0.2) is 0 Å². The number of benzene rings is 2. The summed E-state index contributed by atoms with van der Waals surface area (Å²) in [4.78, 5) is 0. The van der Waals surface area contributed by atoms with E-state index in [-0.39, 0.29) is 0 Å². The minimum atomic E-state index is 0.397. The standard InChI is InChI=1S/C20H20/c1-2-11-19(20-15-7-4-8-16-20)17-10-9-14-18-12-5-3-6-13-18/h2-10,12-17,19H,1,11H2/b14-9+,17-10+. The van der Waals surface area contributed by atoms with Gasteiger partial charge >= 0.3 is 0 Å². The molecule has 0 N–H and O–H groups in total. The Kier molecular flexibility index (Phi) is 5.60.